The zero-order valence-corrected chi connectivity index (χ0v) is 12.2. The van der Waals surface area contributed by atoms with Crippen molar-refractivity contribution in [2.75, 3.05) is 17.6 Å². The Labute approximate surface area is 125 Å². The van der Waals surface area contributed by atoms with Crippen LogP contribution in [0.1, 0.15) is 11.7 Å². The zero-order chi connectivity index (χ0) is 14.7. The fraction of sp³-hybridized carbons (Fsp3) is 0.231. The molecule has 3 rings (SSSR count). The number of pyridine rings is 1. The molecule has 3 aromatic heterocycles. The van der Waals surface area contributed by atoms with Gasteiger partial charge in [0.25, 0.3) is 0 Å². The molecule has 3 aromatic rings. The molecule has 0 fully saturated rings. The average molecular weight is 302 g/mol. The Hall–Kier alpha value is -2.48. The molecule has 108 valence electrons. The van der Waals surface area contributed by atoms with E-state index in [-0.39, 0.29) is 0 Å². The summed E-state index contributed by atoms with van der Waals surface area (Å²) in [7, 11) is 0. The summed E-state index contributed by atoms with van der Waals surface area (Å²) >= 11 is 1.34. The molecule has 0 aromatic carbocycles. The second-order valence-corrected chi connectivity index (χ2v) is 5.19. The summed E-state index contributed by atoms with van der Waals surface area (Å²) in [5.74, 6) is 1.77. The second kappa shape index (κ2) is 5.88. The number of hydrogen-bond donors (Lipinski definition) is 2. The van der Waals surface area contributed by atoms with Crippen LogP contribution in [-0.2, 0) is 6.42 Å². The molecule has 0 aliphatic heterocycles. The molecule has 0 radical (unpaired) electrons. The Morgan fingerprint density at radius 1 is 1.33 bits per heavy atom. The largest absolute Gasteiger partial charge is 0.382 e. The third-order valence-corrected chi connectivity index (χ3v) is 3.70. The second-order valence-electron chi connectivity index (χ2n) is 4.42. The predicted molar refractivity (Wildman–Crippen MR) is 81.0 cm³/mol. The van der Waals surface area contributed by atoms with Crippen molar-refractivity contribution in [2.24, 2.45) is 0 Å². The van der Waals surface area contributed by atoms with Crippen LogP contribution in [0.25, 0.3) is 11.1 Å². The summed E-state index contributed by atoms with van der Waals surface area (Å²) in [5.41, 5.74) is 7.86. The number of nitrogens with zero attached hydrogens (tertiary/aromatic N) is 4. The molecule has 3 heterocycles. The number of nitrogen functional groups attached to an aromatic ring is 1. The lowest BCUT2D eigenvalue weighted by Gasteiger charge is -2.05. The van der Waals surface area contributed by atoms with E-state index < -0.39 is 0 Å². The number of anilines is 2. The zero-order valence-electron chi connectivity index (χ0n) is 11.4. The maximum Gasteiger partial charge on any atom is 0.228 e. The maximum atomic E-state index is 5.96. The van der Waals surface area contributed by atoms with Gasteiger partial charge in [-0.25, -0.2) is 0 Å². The van der Waals surface area contributed by atoms with Crippen LogP contribution < -0.4 is 11.1 Å². The van der Waals surface area contributed by atoms with Crippen molar-refractivity contribution in [2.45, 2.75) is 13.3 Å². The van der Waals surface area contributed by atoms with Crippen molar-refractivity contribution in [3.8, 4) is 11.1 Å². The number of hydrogen-bond acceptors (Lipinski definition) is 8. The Morgan fingerprint density at radius 2 is 2.14 bits per heavy atom. The number of nitrogens with one attached hydrogen (secondary N) is 1. The highest BCUT2D eigenvalue weighted by molar-refractivity contribution is 7.11. The van der Waals surface area contributed by atoms with E-state index in [1.165, 1.54) is 11.5 Å². The van der Waals surface area contributed by atoms with Crippen LogP contribution in [0.4, 0.5) is 10.8 Å². The lowest BCUT2D eigenvalue weighted by molar-refractivity contribution is 0.377. The molecule has 0 saturated heterocycles. The first-order valence-corrected chi connectivity index (χ1v) is 7.20. The Bertz CT molecular complexity index is 723. The summed E-state index contributed by atoms with van der Waals surface area (Å²) in [5, 5.41) is 8.00. The van der Waals surface area contributed by atoms with E-state index in [0.717, 1.165) is 16.1 Å². The van der Waals surface area contributed by atoms with Crippen LogP contribution in [0, 0.1) is 6.92 Å². The third-order valence-electron chi connectivity index (χ3n) is 2.88. The molecule has 0 unspecified atom stereocenters. The molecule has 0 aliphatic rings. The number of aryl methyl sites for hydroxylation is 1. The minimum absolute atomic E-state index is 0.516. The fourth-order valence-corrected chi connectivity index (χ4v) is 2.71. The van der Waals surface area contributed by atoms with Gasteiger partial charge in [-0.1, -0.05) is 5.16 Å². The van der Waals surface area contributed by atoms with Gasteiger partial charge in [0.15, 0.2) is 5.82 Å². The Kier molecular flexibility index (Phi) is 3.78. The molecular formula is C13H14N6OS. The Balaban J connectivity index is 1.72. The van der Waals surface area contributed by atoms with Crippen molar-refractivity contribution in [3.63, 3.8) is 0 Å². The van der Waals surface area contributed by atoms with Crippen LogP contribution in [0.5, 0.6) is 0 Å². The summed E-state index contributed by atoms with van der Waals surface area (Å²) in [6, 6.07) is 3.82. The van der Waals surface area contributed by atoms with Gasteiger partial charge >= 0.3 is 0 Å². The molecule has 8 heteroatoms. The summed E-state index contributed by atoms with van der Waals surface area (Å²) < 4.78 is 9.28. The third kappa shape index (κ3) is 3.00. The first-order chi connectivity index (χ1) is 10.2. The highest BCUT2D eigenvalue weighted by atomic mass is 32.1. The topological polar surface area (TPSA) is 103 Å². The maximum absolute atomic E-state index is 5.96. The highest BCUT2D eigenvalue weighted by Crippen LogP contribution is 2.36. The summed E-state index contributed by atoms with van der Waals surface area (Å²) in [4.78, 5) is 8.18. The van der Waals surface area contributed by atoms with Crippen molar-refractivity contribution in [1.82, 2.24) is 19.5 Å². The highest BCUT2D eigenvalue weighted by Gasteiger charge is 2.13. The molecule has 21 heavy (non-hydrogen) atoms. The van der Waals surface area contributed by atoms with E-state index >= 15 is 0 Å². The van der Waals surface area contributed by atoms with Crippen LogP contribution in [-0.4, -0.2) is 26.0 Å². The van der Waals surface area contributed by atoms with Crippen molar-refractivity contribution in [3.05, 3.63) is 36.2 Å². The van der Waals surface area contributed by atoms with Crippen LogP contribution in [0.2, 0.25) is 0 Å². The lowest BCUT2D eigenvalue weighted by Crippen LogP contribution is -2.05. The van der Waals surface area contributed by atoms with Crippen molar-refractivity contribution >= 4 is 22.4 Å². The number of nitrogens with two attached hydrogens (primary N) is 1. The summed E-state index contributed by atoms with van der Waals surface area (Å²) in [6.45, 7) is 2.47. The van der Waals surface area contributed by atoms with Gasteiger partial charge in [0.05, 0.1) is 5.56 Å². The standard InChI is InChI=1S/C13H14N6OS/c1-8-17-10(20-18-8)4-7-16-13-11(12(14)19-21-13)9-2-5-15-6-3-9/h2-3,5-6,16H,4,7H2,1H3,(H2,14,19). The quantitative estimate of drug-likeness (QED) is 0.744. The monoisotopic (exact) mass is 302 g/mol. The van der Waals surface area contributed by atoms with Gasteiger partial charge in [-0.05, 0) is 36.2 Å². The summed E-state index contributed by atoms with van der Waals surface area (Å²) in [6.07, 6.45) is 4.11. The fourth-order valence-electron chi connectivity index (χ4n) is 1.95. The molecule has 0 atom stereocenters. The van der Waals surface area contributed by atoms with Gasteiger partial charge in [-0.15, -0.1) is 0 Å². The van der Waals surface area contributed by atoms with Gasteiger partial charge < -0.3 is 15.6 Å². The van der Waals surface area contributed by atoms with Gasteiger partial charge in [-0.3, -0.25) is 4.98 Å². The van der Waals surface area contributed by atoms with E-state index in [2.05, 4.69) is 24.8 Å². The molecule has 3 N–H and O–H groups in total. The van der Waals surface area contributed by atoms with Gasteiger partial charge in [0.1, 0.15) is 10.8 Å². The predicted octanol–water partition coefficient (Wildman–Crippen LogP) is 2.13. The van der Waals surface area contributed by atoms with Gasteiger partial charge in [0, 0.05) is 25.4 Å². The molecular weight excluding hydrogens is 288 g/mol. The van der Waals surface area contributed by atoms with E-state index in [1.807, 2.05) is 12.1 Å². The van der Waals surface area contributed by atoms with Crippen molar-refractivity contribution in [1.29, 1.82) is 0 Å². The van der Waals surface area contributed by atoms with E-state index in [0.29, 0.717) is 30.5 Å². The normalized spacial score (nSPS) is 10.7. The number of aromatic nitrogens is 4. The molecule has 0 spiro atoms. The van der Waals surface area contributed by atoms with E-state index in [9.17, 15) is 0 Å². The van der Waals surface area contributed by atoms with Crippen LogP contribution in [0.3, 0.4) is 0 Å². The van der Waals surface area contributed by atoms with E-state index in [4.69, 9.17) is 10.3 Å². The average Bonchev–Trinajstić information content (AvgIpc) is 3.06. The molecule has 7 nitrogen and oxygen atoms in total. The minimum atomic E-state index is 0.516. The number of rotatable bonds is 5. The first-order valence-electron chi connectivity index (χ1n) is 6.42. The molecule has 0 saturated carbocycles. The van der Waals surface area contributed by atoms with Gasteiger partial charge in [0.2, 0.25) is 5.89 Å². The molecule has 0 amide bonds. The van der Waals surface area contributed by atoms with E-state index in [1.54, 1.807) is 19.3 Å². The smallest absolute Gasteiger partial charge is 0.228 e. The molecule has 0 bridgehead atoms. The minimum Gasteiger partial charge on any atom is -0.382 e. The van der Waals surface area contributed by atoms with Crippen LogP contribution in [0.15, 0.2) is 29.0 Å². The van der Waals surface area contributed by atoms with Crippen LogP contribution >= 0.6 is 11.5 Å². The first kappa shape index (κ1) is 13.5. The van der Waals surface area contributed by atoms with Gasteiger partial charge in [-0.2, -0.15) is 9.36 Å². The van der Waals surface area contributed by atoms with Crippen molar-refractivity contribution < 1.29 is 4.52 Å². The Morgan fingerprint density at radius 3 is 2.86 bits per heavy atom. The SMILES string of the molecule is Cc1noc(CCNc2snc(N)c2-c2ccncc2)n1. The lowest BCUT2D eigenvalue weighted by atomic mass is 10.1. The molecule has 0 aliphatic carbocycles.